The van der Waals surface area contributed by atoms with Crippen LogP contribution in [-0.4, -0.2) is 6.54 Å². The first-order chi connectivity index (χ1) is 7.69. The van der Waals surface area contributed by atoms with Crippen molar-refractivity contribution in [1.29, 1.82) is 0 Å². The zero-order valence-corrected chi connectivity index (χ0v) is 11.4. The van der Waals surface area contributed by atoms with Crippen molar-refractivity contribution in [3.05, 3.63) is 21.3 Å². The van der Waals surface area contributed by atoms with Gasteiger partial charge in [0.1, 0.15) is 0 Å². The highest BCUT2D eigenvalue weighted by Gasteiger charge is 2.27. The molecule has 0 bridgehead atoms. The van der Waals surface area contributed by atoms with Crippen LogP contribution in [0.1, 0.15) is 31.1 Å². The van der Waals surface area contributed by atoms with Crippen molar-refractivity contribution in [2.45, 2.75) is 32.6 Å². The molecule has 1 aliphatic carbocycles. The van der Waals surface area contributed by atoms with Crippen molar-refractivity contribution in [1.82, 2.24) is 0 Å². The molecule has 16 heavy (non-hydrogen) atoms. The average Bonchev–Trinajstić information content (AvgIpc) is 2.64. The fourth-order valence-corrected chi connectivity index (χ4v) is 4.02. The van der Waals surface area contributed by atoms with Crippen LogP contribution in [0.15, 0.2) is 12.1 Å². The Bertz CT molecular complexity index is 336. The molecule has 1 aliphatic rings. The van der Waals surface area contributed by atoms with Crippen LogP contribution in [-0.2, 0) is 6.42 Å². The molecule has 2 rings (SSSR count). The zero-order chi connectivity index (χ0) is 11.5. The number of nitrogens with two attached hydrogens (primary N) is 1. The van der Waals surface area contributed by atoms with Crippen molar-refractivity contribution in [2.75, 3.05) is 6.54 Å². The smallest absolute Gasteiger partial charge is 0.0931 e. The van der Waals surface area contributed by atoms with Gasteiger partial charge in [-0.1, -0.05) is 24.9 Å². The number of halogens is 1. The summed E-state index contributed by atoms with van der Waals surface area (Å²) < 4.78 is 0.906. The maximum Gasteiger partial charge on any atom is 0.0931 e. The molecule has 3 unspecified atom stereocenters. The molecule has 0 radical (unpaired) electrons. The molecule has 0 spiro atoms. The van der Waals surface area contributed by atoms with E-state index < -0.39 is 0 Å². The van der Waals surface area contributed by atoms with Crippen LogP contribution in [0, 0.1) is 17.8 Å². The second-order valence-corrected chi connectivity index (χ2v) is 6.88. The Morgan fingerprint density at radius 1 is 1.38 bits per heavy atom. The van der Waals surface area contributed by atoms with Crippen LogP contribution in [0.5, 0.6) is 0 Å². The second kappa shape index (κ2) is 5.52. The Hall–Kier alpha value is -0.0500. The molecule has 0 aliphatic heterocycles. The van der Waals surface area contributed by atoms with E-state index in [1.165, 1.54) is 30.6 Å². The van der Waals surface area contributed by atoms with E-state index in [4.69, 9.17) is 17.3 Å². The summed E-state index contributed by atoms with van der Waals surface area (Å²) in [5.74, 6) is 2.35. The van der Waals surface area contributed by atoms with Crippen LogP contribution >= 0.6 is 22.9 Å². The molecule has 90 valence electrons. The van der Waals surface area contributed by atoms with E-state index in [0.717, 1.165) is 28.6 Å². The minimum atomic E-state index is 0.720. The normalized spacial score (nSPS) is 30.6. The maximum atomic E-state index is 5.97. The van der Waals surface area contributed by atoms with Crippen molar-refractivity contribution >= 4 is 22.9 Å². The van der Waals surface area contributed by atoms with Crippen molar-refractivity contribution in [3.63, 3.8) is 0 Å². The Balaban J connectivity index is 2.00. The molecule has 0 aromatic carbocycles. The van der Waals surface area contributed by atoms with Gasteiger partial charge < -0.3 is 5.73 Å². The number of hydrogen-bond donors (Lipinski definition) is 1. The first kappa shape index (κ1) is 12.4. The average molecular weight is 258 g/mol. The predicted molar refractivity (Wildman–Crippen MR) is 72.1 cm³/mol. The van der Waals surface area contributed by atoms with Crippen LogP contribution in [0.25, 0.3) is 0 Å². The SMILES string of the molecule is CC1CCC(CN)C(Cc2ccc(Cl)s2)C1. The van der Waals surface area contributed by atoms with Gasteiger partial charge in [0.15, 0.2) is 0 Å². The Labute approximate surface area is 107 Å². The van der Waals surface area contributed by atoms with Crippen molar-refractivity contribution < 1.29 is 0 Å². The minimum absolute atomic E-state index is 0.720. The van der Waals surface area contributed by atoms with E-state index >= 15 is 0 Å². The molecule has 3 heteroatoms. The van der Waals surface area contributed by atoms with Crippen molar-refractivity contribution in [3.8, 4) is 0 Å². The monoisotopic (exact) mass is 257 g/mol. The van der Waals surface area contributed by atoms with E-state index in [1.807, 2.05) is 6.07 Å². The molecular weight excluding hydrogens is 238 g/mol. The highest BCUT2D eigenvalue weighted by Crippen LogP contribution is 2.36. The summed E-state index contributed by atoms with van der Waals surface area (Å²) in [6, 6.07) is 4.17. The van der Waals surface area contributed by atoms with Crippen molar-refractivity contribution in [2.24, 2.45) is 23.5 Å². The molecule has 1 fully saturated rings. The number of hydrogen-bond acceptors (Lipinski definition) is 2. The Morgan fingerprint density at radius 3 is 2.81 bits per heavy atom. The highest BCUT2D eigenvalue weighted by molar-refractivity contribution is 7.16. The third kappa shape index (κ3) is 2.99. The van der Waals surface area contributed by atoms with Crippen LogP contribution < -0.4 is 5.73 Å². The van der Waals surface area contributed by atoms with Crippen LogP contribution in [0.3, 0.4) is 0 Å². The summed E-state index contributed by atoms with van der Waals surface area (Å²) in [5.41, 5.74) is 5.88. The number of rotatable bonds is 3. The van der Waals surface area contributed by atoms with E-state index in [-0.39, 0.29) is 0 Å². The number of thiophene rings is 1. The maximum absolute atomic E-state index is 5.97. The molecule has 1 aromatic heterocycles. The van der Waals surface area contributed by atoms with Gasteiger partial charge in [-0.25, -0.2) is 0 Å². The topological polar surface area (TPSA) is 26.0 Å². The van der Waals surface area contributed by atoms with Gasteiger partial charge in [-0.2, -0.15) is 0 Å². The van der Waals surface area contributed by atoms with E-state index in [0.29, 0.717) is 0 Å². The first-order valence-electron chi connectivity index (χ1n) is 6.13. The van der Waals surface area contributed by atoms with E-state index in [9.17, 15) is 0 Å². The predicted octanol–water partition coefficient (Wildman–Crippen LogP) is 3.96. The summed E-state index contributed by atoms with van der Waals surface area (Å²) in [6.45, 7) is 3.21. The third-order valence-corrected chi connectivity index (χ3v) is 5.05. The molecule has 1 aromatic rings. The lowest BCUT2D eigenvalue weighted by molar-refractivity contribution is 0.194. The molecule has 1 saturated carbocycles. The molecule has 3 atom stereocenters. The van der Waals surface area contributed by atoms with Gasteiger partial charge in [0.25, 0.3) is 0 Å². The lowest BCUT2D eigenvalue weighted by Gasteiger charge is -2.34. The summed E-state index contributed by atoms with van der Waals surface area (Å²) in [4.78, 5) is 1.42. The van der Waals surface area contributed by atoms with Gasteiger partial charge in [-0.15, -0.1) is 11.3 Å². The third-order valence-electron chi connectivity index (χ3n) is 3.80. The first-order valence-corrected chi connectivity index (χ1v) is 7.32. The lowest BCUT2D eigenvalue weighted by atomic mass is 9.73. The van der Waals surface area contributed by atoms with Crippen LogP contribution in [0.2, 0.25) is 4.34 Å². The van der Waals surface area contributed by atoms with Gasteiger partial charge in [-0.3, -0.25) is 0 Å². The van der Waals surface area contributed by atoms with Crippen LogP contribution in [0.4, 0.5) is 0 Å². The summed E-state index contributed by atoms with van der Waals surface area (Å²) in [7, 11) is 0. The highest BCUT2D eigenvalue weighted by atomic mass is 35.5. The lowest BCUT2D eigenvalue weighted by Crippen LogP contribution is -2.30. The fraction of sp³-hybridized carbons (Fsp3) is 0.692. The largest absolute Gasteiger partial charge is 0.330 e. The molecular formula is C13H20ClNS. The zero-order valence-electron chi connectivity index (χ0n) is 9.79. The quantitative estimate of drug-likeness (QED) is 0.872. The summed E-state index contributed by atoms with van der Waals surface area (Å²) in [6.07, 6.45) is 5.16. The van der Waals surface area contributed by atoms with Gasteiger partial charge in [0, 0.05) is 4.88 Å². The summed E-state index contributed by atoms with van der Waals surface area (Å²) >= 11 is 7.69. The Kier molecular flexibility index (Phi) is 4.28. The van der Waals surface area contributed by atoms with E-state index in [2.05, 4.69) is 13.0 Å². The second-order valence-electron chi connectivity index (χ2n) is 5.08. The standard InChI is InChI=1S/C13H20ClNS/c1-9-2-3-10(8-15)11(6-9)7-12-4-5-13(14)16-12/h4-5,9-11H,2-3,6-8,15H2,1H3. The molecule has 0 saturated heterocycles. The fourth-order valence-electron chi connectivity index (χ4n) is 2.84. The van der Waals surface area contributed by atoms with E-state index in [1.54, 1.807) is 11.3 Å². The van der Waals surface area contributed by atoms with Gasteiger partial charge in [0.05, 0.1) is 4.34 Å². The van der Waals surface area contributed by atoms with Gasteiger partial charge in [-0.05, 0) is 55.7 Å². The molecule has 1 nitrogen and oxygen atoms in total. The van der Waals surface area contributed by atoms with Gasteiger partial charge in [0.2, 0.25) is 0 Å². The Morgan fingerprint density at radius 2 is 2.19 bits per heavy atom. The molecule has 0 amide bonds. The summed E-state index contributed by atoms with van der Waals surface area (Å²) in [5, 5.41) is 0. The molecule has 2 N–H and O–H groups in total. The van der Waals surface area contributed by atoms with Gasteiger partial charge >= 0.3 is 0 Å². The minimum Gasteiger partial charge on any atom is -0.330 e. The molecule has 1 heterocycles.